The molecule has 4 rings (SSSR count). The van der Waals surface area contributed by atoms with Crippen LogP contribution < -0.4 is 15.1 Å². The number of methoxy groups -OCH3 is 1. The summed E-state index contributed by atoms with van der Waals surface area (Å²) in [5.41, 5.74) is 1.01. The Morgan fingerprint density at radius 3 is 2.96 bits per heavy atom. The lowest BCUT2D eigenvalue weighted by atomic mass is 10.2. The molecule has 26 heavy (non-hydrogen) atoms. The normalized spacial score (nSPS) is 17.7. The van der Waals surface area contributed by atoms with Crippen molar-refractivity contribution in [1.29, 1.82) is 0 Å². The summed E-state index contributed by atoms with van der Waals surface area (Å²) < 4.78 is 5.57. The minimum absolute atomic E-state index is 0.00458. The molecule has 0 aliphatic carbocycles. The zero-order valence-corrected chi connectivity index (χ0v) is 15.6. The summed E-state index contributed by atoms with van der Waals surface area (Å²) in [6.45, 7) is 1.58. The number of hydrogen-bond acceptors (Lipinski definition) is 6. The van der Waals surface area contributed by atoms with E-state index in [9.17, 15) is 9.59 Å². The number of ether oxygens (including phenoxy) is 1. The van der Waals surface area contributed by atoms with E-state index >= 15 is 0 Å². The molecule has 1 saturated heterocycles. The lowest BCUT2D eigenvalue weighted by Gasteiger charge is -2.35. The van der Waals surface area contributed by atoms with E-state index in [1.54, 1.807) is 29.3 Å². The average Bonchev–Trinajstić information content (AvgIpc) is 3.05. The maximum absolute atomic E-state index is 13.0. The van der Waals surface area contributed by atoms with E-state index in [4.69, 9.17) is 4.74 Å². The number of rotatable bonds is 2. The monoisotopic (exact) mass is 417 g/mol. The summed E-state index contributed by atoms with van der Waals surface area (Å²) in [6.07, 6.45) is 2.44. The summed E-state index contributed by atoms with van der Waals surface area (Å²) in [5, 5.41) is 2.81. The molecular formula is C17H16BrN5O3. The number of carbonyl (C=O) groups excluding carboxylic acids is 2. The third-order valence-electron chi connectivity index (χ3n) is 4.52. The number of nitrogens with one attached hydrogen (secondary N) is 1. The van der Waals surface area contributed by atoms with Crippen LogP contribution in [0.2, 0.25) is 0 Å². The first kappa shape index (κ1) is 16.8. The van der Waals surface area contributed by atoms with Crippen LogP contribution in [0.15, 0.2) is 34.9 Å². The van der Waals surface area contributed by atoms with Crippen molar-refractivity contribution in [3.05, 3.63) is 40.6 Å². The Bertz CT molecular complexity index is 890. The first-order valence-corrected chi connectivity index (χ1v) is 8.92. The predicted octanol–water partition coefficient (Wildman–Crippen LogP) is 2.66. The molecule has 1 N–H and O–H groups in total. The number of carbonyl (C=O) groups is 2. The van der Waals surface area contributed by atoms with Gasteiger partial charge in [0, 0.05) is 23.8 Å². The molecule has 2 bridgehead atoms. The molecule has 9 heteroatoms. The zero-order valence-electron chi connectivity index (χ0n) is 14.0. The SMILES string of the molecule is COC(=O)c1ccc2c(n1)N(C(=O)Nc1cc(Br)ccn1)[C@H]1CCN2C1. The summed E-state index contributed by atoms with van der Waals surface area (Å²) in [6, 6.07) is 6.61. The van der Waals surface area contributed by atoms with Gasteiger partial charge in [-0.1, -0.05) is 15.9 Å². The summed E-state index contributed by atoms with van der Waals surface area (Å²) >= 11 is 3.36. The van der Waals surface area contributed by atoms with Gasteiger partial charge in [0.25, 0.3) is 0 Å². The van der Waals surface area contributed by atoms with Gasteiger partial charge < -0.3 is 9.64 Å². The second kappa shape index (κ2) is 6.56. The van der Waals surface area contributed by atoms with Crippen LogP contribution in [0.5, 0.6) is 0 Å². The van der Waals surface area contributed by atoms with Crippen molar-refractivity contribution >= 4 is 45.3 Å². The molecule has 0 saturated carbocycles. The summed E-state index contributed by atoms with van der Waals surface area (Å²) in [7, 11) is 1.31. The lowest BCUT2D eigenvalue weighted by Crippen LogP contribution is -2.48. The van der Waals surface area contributed by atoms with Gasteiger partial charge in [-0.3, -0.25) is 10.2 Å². The standard InChI is InChI=1S/C17H16BrN5O3/c1-26-16(24)12-2-3-13-15(20-12)23(11-5-7-22(13)9-11)17(25)21-14-8-10(18)4-6-19-14/h2-4,6,8,11H,5,7,9H2,1H3,(H,19,21,25)/t11-/m0/s1. The van der Waals surface area contributed by atoms with E-state index in [1.165, 1.54) is 7.11 Å². The molecule has 2 aliphatic heterocycles. The number of esters is 1. The topological polar surface area (TPSA) is 87.7 Å². The Kier molecular flexibility index (Phi) is 4.23. The van der Waals surface area contributed by atoms with Gasteiger partial charge in [-0.05, 0) is 30.7 Å². The van der Waals surface area contributed by atoms with E-state index in [1.807, 2.05) is 6.07 Å². The maximum atomic E-state index is 13.0. The van der Waals surface area contributed by atoms with Crippen LogP contribution in [-0.4, -0.2) is 48.2 Å². The molecule has 0 spiro atoms. The number of nitrogens with zero attached hydrogens (tertiary/aromatic N) is 4. The summed E-state index contributed by atoms with van der Waals surface area (Å²) in [5.74, 6) is 0.374. The number of pyridine rings is 2. The number of halogens is 1. The second-order valence-corrected chi connectivity index (χ2v) is 6.99. The number of hydrogen-bond donors (Lipinski definition) is 1. The lowest BCUT2D eigenvalue weighted by molar-refractivity contribution is 0.0594. The van der Waals surface area contributed by atoms with Crippen LogP contribution >= 0.6 is 15.9 Å². The van der Waals surface area contributed by atoms with Gasteiger partial charge >= 0.3 is 12.0 Å². The average molecular weight is 418 g/mol. The van der Waals surface area contributed by atoms with Crippen LogP contribution in [0, 0.1) is 0 Å². The fraction of sp³-hybridized carbons (Fsp3) is 0.294. The smallest absolute Gasteiger partial charge is 0.356 e. The van der Waals surface area contributed by atoms with Crippen LogP contribution in [-0.2, 0) is 4.74 Å². The maximum Gasteiger partial charge on any atom is 0.356 e. The molecule has 0 radical (unpaired) electrons. The van der Waals surface area contributed by atoms with Gasteiger partial charge in [0.15, 0.2) is 11.5 Å². The van der Waals surface area contributed by atoms with Crippen LogP contribution in [0.3, 0.4) is 0 Å². The van der Waals surface area contributed by atoms with E-state index in [-0.39, 0.29) is 17.8 Å². The fourth-order valence-corrected chi connectivity index (χ4v) is 3.67. The number of fused-ring (bicyclic) bond motifs is 4. The quantitative estimate of drug-likeness (QED) is 0.755. The van der Waals surface area contributed by atoms with Gasteiger partial charge in [-0.2, -0.15) is 0 Å². The Morgan fingerprint density at radius 1 is 1.35 bits per heavy atom. The van der Waals surface area contributed by atoms with Gasteiger partial charge in [-0.15, -0.1) is 0 Å². The van der Waals surface area contributed by atoms with Crippen LogP contribution in [0.4, 0.5) is 22.1 Å². The molecule has 4 heterocycles. The van der Waals surface area contributed by atoms with Crippen molar-refractivity contribution in [2.45, 2.75) is 12.5 Å². The van der Waals surface area contributed by atoms with Gasteiger partial charge in [0.1, 0.15) is 5.82 Å². The Hall–Kier alpha value is -2.68. The highest BCUT2D eigenvalue weighted by Gasteiger charge is 2.40. The Balaban J connectivity index is 1.70. The van der Waals surface area contributed by atoms with Crippen LogP contribution in [0.25, 0.3) is 0 Å². The van der Waals surface area contributed by atoms with E-state index in [2.05, 4.69) is 36.1 Å². The molecule has 2 aromatic heterocycles. The molecule has 134 valence electrons. The largest absolute Gasteiger partial charge is 0.464 e. The van der Waals surface area contributed by atoms with E-state index in [0.717, 1.165) is 29.7 Å². The van der Waals surface area contributed by atoms with Crippen molar-refractivity contribution in [2.75, 3.05) is 35.3 Å². The minimum atomic E-state index is -0.533. The second-order valence-electron chi connectivity index (χ2n) is 6.08. The molecular weight excluding hydrogens is 402 g/mol. The highest BCUT2D eigenvalue weighted by molar-refractivity contribution is 9.10. The first-order valence-electron chi connectivity index (χ1n) is 8.13. The number of anilines is 3. The van der Waals surface area contributed by atoms with Crippen molar-refractivity contribution < 1.29 is 14.3 Å². The fourth-order valence-electron chi connectivity index (χ4n) is 3.33. The molecule has 0 aromatic carbocycles. The molecule has 0 unspecified atom stereocenters. The van der Waals surface area contributed by atoms with Gasteiger partial charge in [0.2, 0.25) is 0 Å². The molecule has 2 aliphatic rings. The third-order valence-corrected chi connectivity index (χ3v) is 5.02. The number of amides is 2. The molecule has 1 atom stereocenters. The Labute approximate surface area is 158 Å². The van der Waals surface area contributed by atoms with Gasteiger partial charge in [0.05, 0.1) is 18.8 Å². The highest BCUT2D eigenvalue weighted by atomic mass is 79.9. The predicted molar refractivity (Wildman–Crippen MR) is 99.6 cm³/mol. The molecule has 2 amide bonds. The minimum Gasteiger partial charge on any atom is -0.464 e. The Morgan fingerprint density at radius 2 is 2.19 bits per heavy atom. The number of aromatic nitrogens is 2. The summed E-state index contributed by atoms with van der Waals surface area (Å²) in [4.78, 5) is 37.2. The van der Waals surface area contributed by atoms with Crippen molar-refractivity contribution in [3.63, 3.8) is 0 Å². The molecule has 8 nitrogen and oxygen atoms in total. The first-order chi connectivity index (χ1) is 12.6. The van der Waals surface area contributed by atoms with Crippen LogP contribution in [0.1, 0.15) is 16.9 Å². The number of urea groups is 1. The van der Waals surface area contributed by atoms with Gasteiger partial charge in [-0.25, -0.2) is 19.6 Å². The van der Waals surface area contributed by atoms with Crippen molar-refractivity contribution in [3.8, 4) is 0 Å². The van der Waals surface area contributed by atoms with E-state index < -0.39 is 5.97 Å². The molecule has 1 fully saturated rings. The molecule has 2 aromatic rings. The van der Waals surface area contributed by atoms with Crippen molar-refractivity contribution in [1.82, 2.24) is 9.97 Å². The van der Waals surface area contributed by atoms with E-state index in [0.29, 0.717) is 11.6 Å². The van der Waals surface area contributed by atoms with Crippen molar-refractivity contribution in [2.24, 2.45) is 0 Å². The zero-order chi connectivity index (χ0) is 18.3. The third kappa shape index (κ3) is 2.88. The highest BCUT2D eigenvalue weighted by Crippen LogP contribution is 2.39.